The summed E-state index contributed by atoms with van der Waals surface area (Å²) in [6.07, 6.45) is 9.94. The molecular weight excluding hydrogens is 198 g/mol. The molecular formula is C14H29NO. The zero-order valence-electron chi connectivity index (χ0n) is 11.1. The van der Waals surface area contributed by atoms with Crippen molar-refractivity contribution in [2.45, 2.75) is 64.9 Å². The summed E-state index contributed by atoms with van der Waals surface area (Å²) < 4.78 is 5.93. The molecule has 0 amide bonds. The van der Waals surface area contributed by atoms with Crippen LogP contribution in [0.15, 0.2) is 0 Å². The standard InChI is InChI=1S/C14H29NO/c1-3-15-11-7-8-13(2)16-12-14-9-5-4-6-10-14/h13-15H,3-12H2,1-2H3. The molecule has 0 spiro atoms. The third-order valence-electron chi connectivity index (χ3n) is 3.56. The Hall–Kier alpha value is -0.0800. The smallest absolute Gasteiger partial charge is 0.0547 e. The summed E-state index contributed by atoms with van der Waals surface area (Å²) >= 11 is 0. The highest BCUT2D eigenvalue weighted by molar-refractivity contribution is 4.65. The SMILES string of the molecule is CCNCCCC(C)OCC1CCCCC1. The van der Waals surface area contributed by atoms with Gasteiger partial charge in [0.25, 0.3) is 0 Å². The van der Waals surface area contributed by atoms with Gasteiger partial charge in [0.15, 0.2) is 0 Å². The molecule has 0 heterocycles. The van der Waals surface area contributed by atoms with Crippen LogP contribution in [0, 0.1) is 5.92 Å². The van der Waals surface area contributed by atoms with E-state index in [9.17, 15) is 0 Å². The number of nitrogens with one attached hydrogen (secondary N) is 1. The molecule has 0 aromatic carbocycles. The van der Waals surface area contributed by atoms with Gasteiger partial charge < -0.3 is 10.1 Å². The lowest BCUT2D eigenvalue weighted by Crippen LogP contribution is -2.20. The van der Waals surface area contributed by atoms with Crippen LogP contribution in [0.25, 0.3) is 0 Å². The highest BCUT2D eigenvalue weighted by Crippen LogP contribution is 2.24. The van der Waals surface area contributed by atoms with E-state index in [0.717, 1.165) is 25.6 Å². The zero-order chi connectivity index (χ0) is 11.6. The van der Waals surface area contributed by atoms with Gasteiger partial charge in [0, 0.05) is 6.61 Å². The molecule has 1 aliphatic carbocycles. The minimum atomic E-state index is 0.445. The second-order valence-electron chi connectivity index (χ2n) is 5.14. The number of ether oxygens (including phenoxy) is 1. The Balaban J connectivity index is 1.94. The first-order valence-electron chi connectivity index (χ1n) is 7.15. The summed E-state index contributed by atoms with van der Waals surface area (Å²) in [7, 11) is 0. The van der Waals surface area contributed by atoms with Gasteiger partial charge >= 0.3 is 0 Å². The van der Waals surface area contributed by atoms with Crippen molar-refractivity contribution in [3.63, 3.8) is 0 Å². The third kappa shape index (κ3) is 6.49. The Labute approximate surface area is 101 Å². The van der Waals surface area contributed by atoms with Crippen LogP contribution in [0.3, 0.4) is 0 Å². The fourth-order valence-corrected chi connectivity index (χ4v) is 2.43. The lowest BCUT2D eigenvalue weighted by Gasteiger charge is -2.23. The summed E-state index contributed by atoms with van der Waals surface area (Å²) in [5.74, 6) is 0.852. The van der Waals surface area contributed by atoms with E-state index in [4.69, 9.17) is 4.74 Å². The van der Waals surface area contributed by atoms with Crippen molar-refractivity contribution in [1.82, 2.24) is 5.32 Å². The van der Waals surface area contributed by atoms with Crippen molar-refractivity contribution in [2.24, 2.45) is 5.92 Å². The summed E-state index contributed by atoms with van der Waals surface area (Å²) in [6, 6.07) is 0. The Morgan fingerprint density at radius 2 is 2.00 bits per heavy atom. The van der Waals surface area contributed by atoms with Crippen molar-refractivity contribution in [2.75, 3.05) is 19.7 Å². The van der Waals surface area contributed by atoms with Crippen molar-refractivity contribution >= 4 is 0 Å². The molecule has 0 aliphatic heterocycles. The highest BCUT2D eigenvalue weighted by Gasteiger charge is 2.14. The minimum absolute atomic E-state index is 0.445. The molecule has 0 aromatic rings. The summed E-state index contributed by atoms with van der Waals surface area (Å²) in [6.45, 7) is 7.59. The average molecular weight is 227 g/mol. The largest absolute Gasteiger partial charge is 0.378 e. The molecule has 2 nitrogen and oxygen atoms in total. The van der Waals surface area contributed by atoms with Crippen molar-refractivity contribution in [3.05, 3.63) is 0 Å². The lowest BCUT2D eigenvalue weighted by molar-refractivity contribution is 0.0258. The predicted octanol–water partition coefficient (Wildman–Crippen LogP) is 3.36. The van der Waals surface area contributed by atoms with E-state index in [2.05, 4.69) is 19.2 Å². The topological polar surface area (TPSA) is 21.3 Å². The van der Waals surface area contributed by atoms with Crippen molar-refractivity contribution in [1.29, 1.82) is 0 Å². The Morgan fingerprint density at radius 1 is 1.25 bits per heavy atom. The molecule has 1 fully saturated rings. The molecule has 1 saturated carbocycles. The molecule has 1 aliphatic rings. The van der Waals surface area contributed by atoms with Crippen LogP contribution < -0.4 is 5.32 Å². The Morgan fingerprint density at radius 3 is 2.69 bits per heavy atom. The van der Waals surface area contributed by atoms with Gasteiger partial charge in [-0.2, -0.15) is 0 Å². The minimum Gasteiger partial charge on any atom is -0.378 e. The normalized spacial score (nSPS) is 19.9. The summed E-state index contributed by atoms with van der Waals surface area (Å²) in [5, 5.41) is 3.35. The molecule has 0 aromatic heterocycles. The summed E-state index contributed by atoms with van der Waals surface area (Å²) in [5.41, 5.74) is 0. The first-order valence-corrected chi connectivity index (χ1v) is 7.15. The fourth-order valence-electron chi connectivity index (χ4n) is 2.43. The first-order chi connectivity index (χ1) is 7.83. The Bertz CT molecular complexity index is 155. The molecule has 1 N–H and O–H groups in total. The summed E-state index contributed by atoms with van der Waals surface area (Å²) in [4.78, 5) is 0. The predicted molar refractivity (Wildman–Crippen MR) is 69.8 cm³/mol. The average Bonchev–Trinajstić information content (AvgIpc) is 2.33. The molecule has 0 bridgehead atoms. The Kier molecular flexibility index (Phi) is 7.87. The first kappa shape index (κ1) is 14.0. The molecule has 1 rings (SSSR count). The van der Waals surface area contributed by atoms with E-state index in [1.54, 1.807) is 0 Å². The monoisotopic (exact) mass is 227 g/mol. The maximum atomic E-state index is 5.93. The number of rotatable bonds is 8. The van der Waals surface area contributed by atoms with Crippen LogP contribution in [0.1, 0.15) is 58.8 Å². The van der Waals surface area contributed by atoms with E-state index in [1.165, 1.54) is 44.9 Å². The van der Waals surface area contributed by atoms with E-state index in [1.807, 2.05) is 0 Å². The second kappa shape index (κ2) is 9.00. The molecule has 0 saturated heterocycles. The van der Waals surface area contributed by atoms with Crippen molar-refractivity contribution < 1.29 is 4.74 Å². The van der Waals surface area contributed by atoms with Crippen LogP contribution in [-0.2, 0) is 4.74 Å². The molecule has 96 valence electrons. The molecule has 1 unspecified atom stereocenters. The number of hydrogen-bond donors (Lipinski definition) is 1. The molecule has 0 radical (unpaired) electrons. The van der Waals surface area contributed by atoms with Gasteiger partial charge in [-0.25, -0.2) is 0 Å². The van der Waals surface area contributed by atoms with Gasteiger partial charge in [0.2, 0.25) is 0 Å². The van der Waals surface area contributed by atoms with Crippen LogP contribution in [0.4, 0.5) is 0 Å². The zero-order valence-corrected chi connectivity index (χ0v) is 11.1. The van der Waals surface area contributed by atoms with Crippen LogP contribution in [0.2, 0.25) is 0 Å². The fraction of sp³-hybridized carbons (Fsp3) is 1.00. The second-order valence-corrected chi connectivity index (χ2v) is 5.14. The quantitative estimate of drug-likeness (QED) is 0.642. The van der Waals surface area contributed by atoms with Gasteiger partial charge in [0.05, 0.1) is 6.10 Å². The lowest BCUT2D eigenvalue weighted by atomic mass is 9.90. The number of hydrogen-bond acceptors (Lipinski definition) is 2. The van der Waals surface area contributed by atoms with Gasteiger partial charge in [-0.3, -0.25) is 0 Å². The van der Waals surface area contributed by atoms with Crippen LogP contribution in [0.5, 0.6) is 0 Å². The van der Waals surface area contributed by atoms with Crippen LogP contribution in [-0.4, -0.2) is 25.8 Å². The van der Waals surface area contributed by atoms with E-state index < -0.39 is 0 Å². The van der Waals surface area contributed by atoms with Gasteiger partial charge in [-0.05, 0) is 51.6 Å². The molecule has 2 heteroatoms. The van der Waals surface area contributed by atoms with E-state index >= 15 is 0 Å². The molecule has 16 heavy (non-hydrogen) atoms. The van der Waals surface area contributed by atoms with E-state index in [0.29, 0.717) is 6.10 Å². The van der Waals surface area contributed by atoms with Gasteiger partial charge in [-0.15, -0.1) is 0 Å². The van der Waals surface area contributed by atoms with Crippen molar-refractivity contribution in [3.8, 4) is 0 Å². The maximum absolute atomic E-state index is 5.93. The van der Waals surface area contributed by atoms with E-state index in [-0.39, 0.29) is 0 Å². The molecule has 1 atom stereocenters. The van der Waals surface area contributed by atoms with Gasteiger partial charge in [-0.1, -0.05) is 26.2 Å². The maximum Gasteiger partial charge on any atom is 0.0547 e. The highest BCUT2D eigenvalue weighted by atomic mass is 16.5. The van der Waals surface area contributed by atoms with Crippen LogP contribution >= 0.6 is 0 Å². The van der Waals surface area contributed by atoms with Gasteiger partial charge in [0.1, 0.15) is 0 Å². The third-order valence-corrected chi connectivity index (χ3v) is 3.56.